The van der Waals surface area contributed by atoms with Gasteiger partial charge in [-0.05, 0) is 30.5 Å². The molecule has 0 bridgehead atoms. The van der Waals surface area contributed by atoms with Crippen molar-refractivity contribution in [3.63, 3.8) is 0 Å². The van der Waals surface area contributed by atoms with Crippen molar-refractivity contribution in [1.82, 2.24) is 24.6 Å². The number of imidazole rings is 1. The third kappa shape index (κ3) is 4.01. The van der Waals surface area contributed by atoms with Crippen molar-refractivity contribution in [2.45, 2.75) is 25.4 Å². The van der Waals surface area contributed by atoms with Crippen molar-refractivity contribution >= 4 is 40.7 Å². The number of anilines is 1. The molecule has 1 aromatic carbocycles. The molecule has 0 amide bonds. The number of halogens is 2. The second-order valence-electron chi connectivity index (χ2n) is 7.25. The molecule has 158 valence electrons. The van der Waals surface area contributed by atoms with Crippen LogP contribution in [0.25, 0.3) is 11.7 Å². The summed E-state index contributed by atoms with van der Waals surface area (Å²) in [6.45, 7) is 0.421. The first-order chi connectivity index (χ1) is 15.0. The van der Waals surface area contributed by atoms with E-state index in [4.69, 9.17) is 28.2 Å². The number of aromatic nitrogens is 5. The van der Waals surface area contributed by atoms with Crippen LogP contribution in [0.5, 0.6) is 5.88 Å². The molecule has 11 heteroatoms. The van der Waals surface area contributed by atoms with E-state index in [0.29, 0.717) is 38.8 Å². The Morgan fingerprint density at radius 2 is 2.16 bits per heavy atom. The number of benzene rings is 1. The Hall–Kier alpha value is -3.30. The summed E-state index contributed by atoms with van der Waals surface area (Å²) in [6.07, 6.45) is 5.30. The van der Waals surface area contributed by atoms with Crippen LogP contribution in [0.2, 0.25) is 10.0 Å². The highest BCUT2D eigenvalue weighted by molar-refractivity contribution is 6.42. The van der Waals surface area contributed by atoms with E-state index in [1.807, 2.05) is 18.2 Å². The minimum Gasteiger partial charge on any atom is -0.493 e. The molecule has 0 atom stereocenters. The summed E-state index contributed by atoms with van der Waals surface area (Å²) in [5.41, 5.74) is 1.78. The van der Waals surface area contributed by atoms with Crippen molar-refractivity contribution in [2.24, 2.45) is 4.99 Å². The lowest BCUT2D eigenvalue weighted by Gasteiger charge is -2.09. The number of rotatable bonds is 5. The Balaban J connectivity index is 1.59. The Kier molecular flexibility index (Phi) is 4.91. The fourth-order valence-corrected chi connectivity index (χ4v) is 3.54. The average molecular weight is 458 g/mol. The summed E-state index contributed by atoms with van der Waals surface area (Å²) in [4.78, 5) is 25.6. The van der Waals surface area contributed by atoms with Crippen molar-refractivity contribution in [3.05, 3.63) is 73.0 Å². The highest BCUT2D eigenvalue weighted by atomic mass is 35.5. The zero-order chi connectivity index (χ0) is 21.5. The second-order valence-corrected chi connectivity index (χ2v) is 8.03. The molecule has 1 saturated carbocycles. The van der Waals surface area contributed by atoms with Crippen molar-refractivity contribution in [3.8, 4) is 5.88 Å². The molecule has 0 spiro atoms. The van der Waals surface area contributed by atoms with E-state index in [-0.39, 0.29) is 17.6 Å². The van der Waals surface area contributed by atoms with Gasteiger partial charge in [-0.25, -0.2) is 9.78 Å². The van der Waals surface area contributed by atoms with E-state index in [1.54, 1.807) is 22.9 Å². The van der Waals surface area contributed by atoms with E-state index < -0.39 is 5.69 Å². The lowest BCUT2D eigenvalue weighted by atomic mass is 10.2. The Morgan fingerprint density at radius 3 is 2.90 bits per heavy atom. The SMILES string of the molecule is O=c1[nH]c(O)c(/C=c2/cnn3c(=NC4CC4)cc(NCc4cccc(Cl)c4Cl)nc23)[nH]1. The predicted molar refractivity (Wildman–Crippen MR) is 117 cm³/mol. The van der Waals surface area contributed by atoms with E-state index >= 15 is 0 Å². The van der Waals surface area contributed by atoms with Gasteiger partial charge < -0.3 is 15.4 Å². The Bertz CT molecular complexity index is 1470. The number of hydrogen-bond donors (Lipinski definition) is 4. The molecule has 1 aliphatic rings. The van der Waals surface area contributed by atoms with Crippen molar-refractivity contribution in [2.75, 3.05) is 5.32 Å². The second kappa shape index (κ2) is 7.75. The zero-order valence-corrected chi connectivity index (χ0v) is 17.6. The van der Waals surface area contributed by atoms with Crippen LogP contribution in [0.3, 0.4) is 0 Å². The molecule has 3 heterocycles. The first-order valence-corrected chi connectivity index (χ1v) is 10.4. The summed E-state index contributed by atoms with van der Waals surface area (Å²) in [7, 11) is 0. The molecule has 0 aliphatic heterocycles. The van der Waals surface area contributed by atoms with Crippen LogP contribution >= 0.6 is 23.2 Å². The molecular weight excluding hydrogens is 441 g/mol. The standard InChI is InChI=1S/C20H17Cl2N7O2/c21-13-3-1-2-10(17(13)22)8-23-15-7-16(25-12-4-5-12)29-18(27-15)11(9-24-29)6-14-19(30)28-20(31)26-14/h1-3,6-7,9,12,23,30H,4-5,8H2,(H2,26,28,31)/b11-6-,25-16?. The maximum absolute atomic E-state index is 11.4. The third-order valence-electron chi connectivity index (χ3n) is 4.87. The van der Waals surface area contributed by atoms with E-state index in [1.165, 1.54) is 0 Å². The largest absolute Gasteiger partial charge is 0.493 e. The van der Waals surface area contributed by atoms with Crippen molar-refractivity contribution in [1.29, 1.82) is 0 Å². The summed E-state index contributed by atoms with van der Waals surface area (Å²) < 4.78 is 1.64. The number of aromatic amines is 2. The molecule has 5 rings (SSSR count). The lowest BCUT2D eigenvalue weighted by Crippen LogP contribution is -2.20. The number of hydrogen-bond acceptors (Lipinski definition) is 6. The summed E-state index contributed by atoms with van der Waals surface area (Å²) in [5.74, 6) is 0.335. The van der Waals surface area contributed by atoms with Gasteiger partial charge in [-0.15, -0.1) is 0 Å². The van der Waals surface area contributed by atoms with Crippen LogP contribution in [-0.2, 0) is 6.54 Å². The number of aromatic hydroxyl groups is 1. The van der Waals surface area contributed by atoms with E-state index in [0.717, 1.165) is 18.4 Å². The monoisotopic (exact) mass is 457 g/mol. The smallest absolute Gasteiger partial charge is 0.326 e. The predicted octanol–water partition coefficient (Wildman–Crippen LogP) is 1.98. The van der Waals surface area contributed by atoms with Crippen LogP contribution in [-0.4, -0.2) is 35.7 Å². The number of nitrogens with one attached hydrogen (secondary N) is 3. The molecular formula is C20H17Cl2N7O2. The maximum Gasteiger partial charge on any atom is 0.326 e. The number of H-pyrrole nitrogens is 2. The molecule has 4 N–H and O–H groups in total. The first kappa shape index (κ1) is 19.7. The highest BCUT2D eigenvalue weighted by Crippen LogP contribution is 2.26. The van der Waals surface area contributed by atoms with Crippen LogP contribution in [0.15, 0.2) is 40.2 Å². The molecule has 3 aromatic heterocycles. The van der Waals surface area contributed by atoms with Gasteiger partial charge in [0.15, 0.2) is 11.1 Å². The van der Waals surface area contributed by atoms with Crippen LogP contribution in [0, 0.1) is 0 Å². The van der Waals surface area contributed by atoms with Crippen LogP contribution < -0.4 is 21.7 Å². The van der Waals surface area contributed by atoms with Gasteiger partial charge in [-0.2, -0.15) is 9.61 Å². The average Bonchev–Trinajstić information content (AvgIpc) is 3.37. The van der Waals surface area contributed by atoms with Gasteiger partial charge in [0.05, 0.1) is 22.3 Å². The fourth-order valence-electron chi connectivity index (χ4n) is 3.16. The van der Waals surface area contributed by atoms with Crippen LogP contribution in [0.4, 0.5) is 5.82 Å². The molecule has 1 fully saturated rings. The molecule has 0 radical (unpaired) electrons. The maximum atomic E-state index is 11.4. The Labute approximate surface area is 185 Å². The molecule has 4 aromatic rings. The first-order valence-electron chi connectivity index (χ1n) is 9.60. The third-order valence-corrected chi connectivity index (χ3v) is 5.73. The summed E-state index contributed by atoms with van der Waals surface area (Å²) in [5, 5.41) is 19.1. The summed E-state index contributed by atoms with van der Waals surface area (Å²) in [6, 6.07) is 7.57. The summed E-state index contributed by atoms with van der Waals surface area (Å²) >= 11 is 12.4. The quantitative estimate of drug-likeness (QED) is 0.364. The van der Waals surface area contributed by atoms with Gasteiger partial charge in [0.25, 0.3) is 0 Å². The molecule has 0 saturated heterocycles. The van der Waals surface area contributed by atoms with Gasteiger partial charge in [0.1, 0.15) is 11.5 Å². The van der Waals surface area contributed by atoms with E-state index in [9.17, 15) is 9.90 Å². The van der Waals surface area contributed by atoms with E-state index in [2.05, 4.69) is 25.4 Å². The fraction of sp³-hybridized carbons (Fsp3) is 0.200. The number of nitrogens with zero attached hydrogens (tertiary/aromatic N) is 4. The van der Waals surface area contributed by atoms with Gasteiger partial charge in [0.2, 0.25) is 5.88 Å². The van der Waals surface area contributed by atoms with Gasteiger partial charge in [-0.1, -0.05) is 35.3 Å². The normalized spacial score (nSPS) is 15.2. The molecule has 1 aliphatic carbocycles. The molecule has 31 heavy (non-hydrogen) atoms. The minimum absolute atomic E-state index is 0.242. The van der Waals surface area contributed by atoms with Gasteiger partial charge >= 0.3 is 5.69 Å². The lowest BCUT2D eigenvalue weighted by molar-refractivity contribution is 0.454. The molecule has 0 unspecified atom stereocenters. The molecule has 9 nitrogen and oxygen atoms in total. The zero-order valence-electron chi connectivity index (χ0n) is 16.1. The topological polar surface area (TPSA) is 123 Å². The van der Waals surface area contributed by atoms with Crippen LogP contribution in [0.1, 0.15) is 24.1 Å². The number of fused-ring (bicyclic) bond motifs is 1. The van der Waals surface area contributed by atoms with Gasteiger partial charge in [0, 0.05) is 17.8 Å². The van der Waals surface area contributed by atoms with Gasteiger partial charge in [-0.3, -0.25) is 9.98 Å². The minimum atomic E-state index is -0.502. The highest BCUT2D eigenvalue weighted by Gasteiger charge is 2.20. The van der Waals surface area contributed by atoms with Crippen molar-refractivity contribution < 1.29 is 5.11 Å². The Morgan fingerprint density at radius 1 is 1.32 bits per heavy atom.